The molecule has 20 heavy (non-hydrogen) atoms. The summed E-state index contributed by atoms with van der Waals surface area (Å²) < 4.78 is 18.5. The molecule has 0 fully saturated rings. The molecule has 6 heteroatoms. The molecule has 5 nitrogen and oxygen atoms in total. The van der Waals surface area contributed by atoms with Crippen LogP contribution in [0.15, 0.2) is 24.3 Å². The lowest BCUT2D eigenvalue weighted by Gasteiger charge is -2.26. The number of ether oxygens (including phenoxy) is 1. The van der Waals surface area contributed by atoms with Crippen LogP contribution in [0.2, 0.25) is 0 Å². The summed E-state index contributed by atoms with van der Waals surface area (Å²) in [5.74, 6) is -0.788. The summed E-state index contributed by atoms with van der Waals surface area (Å²) in [6.07, 6.45) is -0.657. The molecule has 1 atom stereocenters. The second-order valence-electron chi connectivity index (χ2n) is 5.30. The van der Waals surface area contributed by atoms with Crippen LogP contribution in [-0.2, 0) is 4.79 Å². The van der Waals surface area contributed by atoms with E-state index in [1.54, 1.807) is 12.1 Å². The zero-order valence-corrected chi connectivity index (χ0v) is 11.7. The van der Waals surface area contributed by atoms with Crippen molar-refractivity contribution in [2.75, 3.05) is 13.2 Å². The lowest BCUT2D eigenvalue weighted by atomic mass is 10.0. The van der Waals surface area contributed by atoms with Crippen molar-refractivity contribution in [3.05, 3.63) is 30.1 Å². The van der Waals surface area contributed by atoms with Gasteiger partial charge in [0, 0.05) is 18.5 Å². The summed E-state index contributed by atoms with van der Waals surface area (Å²) in [6, 6.07) is 5.99. The number of primary amides is 1. The van der Waals surface area contributed by atoms with E-state index in [9.17, 15) is 14.3 Å². The number of aliphatic hydroxyl groups is 1. The Morgan fingerprint density at radius 3 is 2.75 bits per heavy atom. The fraction of sp³-hybridized carbons (Fsp3) is 0.500. The van der Waals surface area contributed by atoms with Crippen molar-refractivity contribution >= 4 is 5.91 Å². The van der Waals surface area contributed by atoms with Gasteiger partial charge in [0.2, 0.25) is 5.91 Å². The van der Waals surface area contributed by atoms with Crippen molar-refractivity contribution in [3.63, 3.8) is 0 Å². The van der Waals surface area contributed by atoms with E-state index in [0.717, 1.165) is 0 Å². The quantitative estimate of drug-likeness (QED) is 0.659. The predicted molar refractivity (Wildman–Crippen MR) is 73.8 cm³/mol. The standard InChI is InChI=1S/C14H21FN2O3/c1-14(2,7-13(16)19)17-8-10(18)9-20-12-6-4-3-5-11(12)15/h3-6,10,17-18H,7-9H2,1-2H3,(H2,16,19). The summed E-state index contributed by atoms with van der Waals surface area (Å²) >= 11 is 0. The van der Waals surface area contributed by atoms with Crippen LogP contribution < -0.4 is 15.8 Å². The van der Waals surface area contributed by atoms with Crippen LogP contribution in [-0.4, -0.2) is 35.8 Å². The first-order valence-corrected chi connectivity index (χ1v) is 6.39. The third-order valence-corrected chi connectivity index (χ3v) is 2.70. The van der Waals surface area contributed by atoms with Gasteiger partial charge in [0.15, 0.2) is 11.6 Å². The SMILES string of the molecule is CC(C)(CC(N)=O)NCC(O)COc1ccccc1F. The molecule has 0 bridgehead atoms. The van der Waals surface area contributed by atoms with Crippen molar-refractivity contribution in [1.82, 2.24) is 5.32 Å². The third kappa shape index (κ3) is 5.99. The molecule has 1 aromatic rings. The van der Waals surface area contributed by atoms with Gasteiger partial charge in [-0.15, -0.1) is 0 Å². The number of hydrogen-bond donors (Lipinski definition) is 3. The molecule has 112 valence electrons. The Labute approximate surface area is 117 Å². The van der Waals surface area contributed by atoms with Crippen LogP contribution in [0.25, 0.3) is 0 Å². The van der Waals surface area contributed by atoms with Gasteiger partial charge in [-0.05, 0) is 26.0 Å². The van der Waals surface area contributed by atoms with Gasteiger partial charge in [0.25, 0.3) is 0 Å². The van der Waals surface area contributed by atoms with Gasteiger partial charge >= 0.3 is 0 Å². The predicted octanol–water partition coefficient (Wildman–Crippen LogP) is 0.809. The number of aliphatic hydroxyl groups excluding tert-OH is 1. The number of halogens is 1. The van der Waals surface area contributed by atoms with E-state index in [1.807, 2.05) is 13.8 Å². The second-order valence-corrected chi connectivity index (χ2v) is 5.30. The van der Waals surface area contributed by atoms with E-state index in [2.05, 4.69) is 5.32 Å². The number of carbonyl (C=O) groups is 1. The molecule has 0 aliphatic carbocycles. The van der Waals surface area contributed by atoms with E-state index in [4.69, 9.17) is 10.5 Å². The minimum absolute atomic E-state index is 0.0411. The topological polar surface area (TPSA) is 84.6 Å². The molecular formula is C14H21FN2O3. The molecule has 1 aromatic carbocycles. The Bertz CT molecular complexity index is 452. The number of benzene rings is 1. The Morgan fingerprint density at radius 2 is 2.15 bits per heavy atom. The molecule has 0 aromatic heterocycles. The average Bonchev–Trinajstić information content (AvgIpc) is 2.34. The van der Waals surface area contributed by atoms with Crippen molar-refractivity contribution in [2.45, 2.75) is 31.9 Å². The summed E-state index contributed by atoms with van der Waals surface area (Å²) in [7, 11) is 0. The molecule has 1 amide bonds. The molecule has 0 aliphatic rings. The molecular weight excluding hydrogens is 263 g/mol. The molecule has 1 rings (SSSR count). The highest BCUT2D eigenvalue weighted by Gasteiger charge is 2.21. The van der Waals surface area contributed by atoms with E-state index in [0.29, 0.717) is 0 Å². The number of rotatable bonds is 8. The van der Waals surface area contributed by atoms with Crippen LogP contribution in [0.4, 0.5) is 4.39 Å². The highest BCUT2D eigenvalue weighted by molar-refractivity contribution is 5.74. The molecule has 4 N–H and O–H groups in total. The van der Waals surface area contributed by atoms with Gasteiger partial charge in [-0.1, -0.05) is 12.1 Å². The number of amides is 1. The molecule has 0 saturated heterocycles. The zero-order chi connectivity index (χ0) is 15.2. The van der Waals surface area contributed by atoms with Crippen LogP contribution >= 0.6 is 0 Å². The van der Waals surface area contributed by atoms with E-state index >= 15 is 0 Å². The molecule has 1 unspecified atom stereocenters. The van der Waals surface area contributed by atoms with Crippen molar-refractivity contribution in [1.29, 1.82) is 0 Å². The van der Waals surface area contributed by atoms with Gasteiger partial charge in [-0.2, -0.15) is 0 Å². The highest BCUT2D eigenvalue weighted by Crippen LogP contribution is 2.15. The second kappa shape index (κ2) is 7.21. The van der Waals surface area contributed by atoms with Crippen molar-refractivity contribution in [2.24, 2.45) is 5.73 Å². The van der Waals surface area contributed by atoms with Gasteiger partial charge < -0.3 is 20.9 Å². The Hall–Kier alpha value is -1.66. The van der Waals surface area contributed by atoms with E-state index in [1.165, 1.54) is 12.1 Å². The number of nitrogens with one attached hydrogen (secondary N) is 1. The number of hydrogen-bond acceptors (Lipinski definition) is 4. The monoisotopic (exact) mass is 284 g/mol. The minimum atomic E-state index is -0.818. The van der Waals surface area contributed by atoms with Gasteiger partial charge in [0.1, 0.15) is 12.7 Å². The maximum Gasteiger partial charge on any atom is 0.219 e. The van der Waals surface area contributed by atoms with Crippen LogP contribution in [0.5, 0.6) is 5.75 Å². The fourth-order valence-corrected chi connectivity index (χ4v) is 1.70. The van der Waals surface area contributed by atoms with Gasteiger partial charge in [-0.3, -0.25) is 4.79 Å². The van der Waals surface area contributed by atoms with Gasteiger partial charge in [-0.25, -0.2) is 4.39 Å². The largest absolute Gasteiger partial charge is 0.488 e. The maximum atomic E-state index is 13.3. The normalized spacial score (nSPS) is 13.0. The molecule has 0 saturated carbocycles. The summed E-state index contributed by atoms with van der Waals surface area (Å²) in [4.78, 5) is 10.9. The Kier molecular flexibility index (Phi) is 5.91. The van der Waals surface area contributed by atoms with Crippen LogP contribution in [0.1, 0.15) is 20.3 Å². The summed E-state index contributed by atoms with van der Waals surface area (Å²) in [5, 5.41) is 12.8. The minimum Gasteiger partial charge on any atom is -0.488 e. The lowest BCUT2D eigenvalue weighted by molar-refractivity contribution is -0.119. The number of nitrogens with two attached hydrogens (primary N) is 1. The molecule has 0 heterocycles. The zero-order valence-electron chi connectivity index (χ0n) is 11.7. The third-order valence-electron chi connectivity index (χ3n) is 2.70. The smallest absolute Gasteiger partial charge is 0.219 e. The van der Waals surface area contributed by atoms with Crippen molar-refractivity contribution in [3.8, 4) is 5.75 Å². The van der Waals surface area contributed by atoms with E-state index in [-0.39, 0.29) is 25.3 Å². The molecule has 0 aliphatic heterocycles. The highest BCUT2D eigenvalue weighted by atomic mass is 19.1. The Morgan fingerprint density at radius 1 is 1.50 bits per heavy atom. The average molecular weight is 284 g/mol. The number of para-hydroxylation sites is 1. The summed E-state index contributed by atoms with van der Waals surface area (Å²) in [6.45, 7) is 3.79. The maximum absolute atomic E-state index is 13.3. The first kappa shape index (κ1) is 16.4. The lowest BCUT2D eigenvalue weighted by Crippen LogP contribution is -2.46. The number of carbonyl (C=O) groups excluding carboxylic acids is 1. The van der Waals surface area contributed by atoms with Crippen LogP contribution in [0.3, 0.4) is 0 Å². The Balaban J connectivity index is 2.35. The van der Waals surface area contributed by atoms with Crippen molar-refractivity contribution < 1.29 is 19.0 Å². The molecule has 0 radical (unpaired) electrons. The fourth-order valence-electron chi connectivity index (χ4n) is 1.70. The van der Waals surface area contributed by atoms with Gasteiger partial charge in [0.05, 0.1) is 0 Å². The first-order chi connectivity index (χ1) is 9.30. The number of β-amino-alcohol motifs (C(OH)–C–C–N with tert-alkyl or cyclic N) is 1. The summed E-state index contributed by atoms with van der Waals surface area (Å²) in [5.41, 5.74) is 4.62. The van der Waals surface area contributed by atoms with Crippen LogP contribution in [0, 0.1) is 5.82 Å². The van der Waals surface area contributed by atoms with E-state index < -0.39 is 23.4 Å². The first-order valence-electron chi connectivity index (χ1n) is 6.39. The molecule has 0 spiro atoms.